The van der Waals surface area contributed by atoms with Crippen LogP contribution in [0.4, 0.5) is 0 Å². The van der Waals surface area contributed by atoms with Crippen molar-refractivity contribution < 1.29 is 14.6 Å². The van der Waals surface area contributed by atoms with Gasteiger partial charge in [0.1, 0.15) is 0 Å². The molecule has 0 heterocycles. The number of carbonyl (C=O) groups is 1. The van der Waals surface area contributed by atoms with E-state index in [1.165, 1.54) is 19.3 Å². The Kier molecular flexibility index (Phi) is 9.30. The number of rotatable bonds is 9. The molecule has 16 heavy (non-hydrogen) atoms. The first-order valence-electron chi connectivity index (χ1n) is 6.45. The Balaban J connectivity index is 3.63. The predicted octanol–water partition coefficient (Wildman–Crippen LogP) is 2.91. The largest absolute Gasteiger partial charge is 0.466 e. The highest BCUT2D eigenvalue weighted by Crippen LogP contribution is 2.15. The predicted molar refractivity (Wildman–Crippen MR) is 65.2 cm³/mol. The summed E-state index contributed by atoms with van der Waals surface area (Å²) in [6.45, 7) is 6.28. The lowest BCUT2D eigenvalue weighted by molar-refractivity contribution is -0.145. The molecule has 2 unspecified atom stereocenters. The molecule has 0 saturated carbocycles. The lowest BCUT2D eigenvalue weighted by atomic mass is 9.96. The number of hydrogen-bond donors (Lipinski definition) is 1. The Hall–Kier alpha value is -0.570. The fraction of sp³-hybridized carbons (Fsp3) is 0.923. The minimum absolute atomic E-state index is 0.000626. The summed E-state index contributed by atoms with van der Waals surface area (Å²) in [5.41, 5.74) is 0. The van der Waals surface area contributed by atoms with Gasteiger partial charge in [-0.1, -0.05) is 39.5 Å². The molecule has 0 aromatic carbocycles. The Labute approximate surface area is 99.2 Å². The van der Waals surface area contributed by atoms with E-state index in [2.05, 4.69) is 6.92 Å². The molecule has 0 spiro atoms. The average molecular weight is 230 g/mol. The molecule has 0 radical (unpaired) electrons. The van der Waals surface area contributed by atoms with Crippen molar-refractivity contribution in [1.29, 1.82) is 0 Å². The molecule has 0 aliphatic heterocycles. The van der Waals surface area contributed by atoms with Crippen LogP contribution >= 0.6 is 0 Å². The van der Waals surface area contributed by atoms with E-state index in [4.69, 9.17) is 4.74 Å². The summed E-state index contributed by atoms with van der Waals surface area (Å²) in [5, 5.41) is 9.83. The molecule has 0 saturated heterocycles. The van der Waals surface area contributed by atoms with Gasteiger partial charge in [-0.3, -0.25) is 4.79 Å². The van der Waals surface area contributed by atoms with Crippen LogP contribution in [0.25, 0.3) is 0 Å². The van der Waals surface area contributed by atoms with E-state index in [-0.39, 0.29) is 18.0 Å². The van der Waals surface area contributed by atoms with Crippen LogP contribution in [0.2, 0.25) is 0 Å². The van der Waals surface area contributed by atoms with E-state index < -0.39 is 0 Å². The number of aliphatic hydroxyl groups is 1. The van der Waals surface area contributed by atoms with Crippen LogP contribution in [-0.2, 0) is 9.53 Å². The average Bonchev–Trinajstić information content (AvgIpc) is 2.24. The van der Waals surface area contributed by atoms with Gasteiger partial charge in [-0.25, -0.2) is 0 Å². The first-order chi connectivity index (χ1) is 7.61. The van der Waals surface area contributed by atoms with Gasteiger partial charge in [-0.15, -0.1) is 0 Å². The zero-order valence-corrected chi connectivity index (χ0v) is 10.9. The zero-order chi connectivity index (χ0) is 12.4. The lowest BCUT2D eigenvalue weighted by Crippen LogP contribution is -2.21. The van der Waals surface area contributed by atoms with Crippen LogP contribution in [0.15, 0.2) is 0 Å². The van der Waals surface area contributed by atoms with Crippen molar-refractivity contribution in [2.24, 2.45) is 5.92 Å². The maximum absolute atomic E-state index is 11.2. The number of esters is 1. The quantitative estimate of drug-likeness (QED) is 0.489. The van der Waals surface area contributed by atoms with Crippen molar-refractivity contribution in [3.63, 3.8) is 0 Å². The lowest BCUT2D eigenvalue weighted by Gasteiger charge is -2.17. The van der Waals surface area contributed by atoms with Crippen LogP contribution in [0.1, 0.15) is 59.3 Å². The molecule has 96 valence electrons. The van der Waals surface area contributed by atoms with E-state index in [1.54, 1.807) is 6.92 Å². The topological polar surface area (TPSA) is 46.5 Å². The highest BCUT2D eigenvalue weighted by atomic mass is 16.5. The van der Waals surface area contributed by atoms with Gasteiger partial charge in [0.15, 0.2) is 0 Å². The van der Waals surface area contributed by atoms with Gasteiger partial charge in [0, 0.05) is 0 Å². The van der Waals surface area contributed by atoms with Crippen LogP contribution in [0.5, 0.6) is 0 Å². The molecule has 0 bridgehead atoms. The minimum atomic E-state index is -0.374. The second kappa shape index (κ2) is 9.64. The first kappa shape index (κ1) is 15.4. The van der Waals surface area contributed by atoms with Gasteiger partial charge in [0.2, 0.25) is 0 Å². The second-order valence-corrected chi connectivity index (χ2v) is 4.40. The molecule has 0 fully saturated rings. The van der Waals surface area contributed by atoms with Crippen molar-refractivity contribution in [3.8, 4) is 0 Å². The van der Waals surface area contributed by atoms with Gasteiger partial charge >= 0.3 is 5.97 Å². The van der Waals surface area contributed by atoms with Gasteiger partial charge < -0.3 is 9.84 Å². The minimum Gasteiger partial charge on any atom is -0.466 e. The zero-order valence-electron chi connectivity index (χ0n) is 10.9. The maximum atomic E-state index is 11.2. The molecule has 0 aliphatic rings. The third-order valence-corrected chi connectivity index (χ3v) is 2.80. The van der Waals surface area contributed by atoms with Gasteiger partial charge in [0.25, 0.3) is 0 Å². The Morgan fingerprint density at radius 3 is 2.50 bits per heavy atom. The smallest absolute Gasteiger partial charge is 0.306 e. The fourth-order valence-corrected chi connectivity index (χ4v) is 1.68. The normalized spacial score (nSPS) is 14.5. The molecule has 3 nitrogen and oxygen atoms in total. The van der Waals surface area contributed by atoms with E-state index in [1.807, 2.05) is 6.92 Å². The Morgan fingerprint density at radius 2 is 1.94 bits per heavy atom. The second-order valence-electron chi connectivity index (χ2n) is 4.40. The standard InChI is InChI=1S/C13H26O3/c1-4-6-7-8-9-12(14)11(3)10-13(15)16-5-2/h11-12,14H,4-10H2,1-3H3. The molecule has 2 atom stereocenters. The van der Waals surface area contributed by atoms with Gasteiger partial charge in [-0.2, -0.15) is 0 Å². The van der Waals surface area contributed by atoms with Crippen LogP contribution < -0.4 is 0 Å². The first-order valence-corrected chi connectivity index (χ1v) is 6.45. The molecule has 0 aromatic rings. The molecule has 0 rings (SSSR count). The van der Waals surface area contributed by atoms with Crippen LogP contribution in [0.3, 0.4) is 0 Å². The Bertz CT molecular complexity index is 180. The number of carbonyl (C=O) groups excluding carboxylic acids is 1. The highest BCUT2D eigenvalue weighted by molar-refractivity contribution is 5.69. The van der Waals surface area contributed by atoms with E-state index in [0.717, 1.165) is 12.8 Å². The van der Waals surface area contributed by atoms with Gasteiger partial charge in [0.05, 0.1) is 19.1 Å². The van der Waals surface area contributed by atoms with E-state index in [9.17, 15) is 9.90 Å². The van der Waals surface area contributed by atoms with Gasteiger partial charge in [-0.05, 0) is 19.3 Å². The molecular formula is C13H26O3. The third-order valence-electron chi connectivity index (χ3n) is 2.80. The number of ether oxygens (including phenoxy) is 1. The summed E-state index contributed by atoms with van der Waals surface area (Å²) in [7, 11) is 0. The summed E-state index contributed by atoms with van der Waals surface area (Å²) < 4.78 is 4.86. The van der Waals surface area contributed by atoms with Crippen molar-refractivity contribution in [3.05, 3.63) is 0 Å². The summed E-state index contributed by atoms with van der Waals surface area (Å²) in [4.78, 5) is 11.2. The van der Waals surface area contributed by atoms with E-state index in [0.29, 0.717) is 13.0 Å². The van der Waals surface area contributed by atoms with Crippen LogP contribution in [-0.4, -0.2) is 23.8 Å². The summed E-state index contributed by atoms with van der Waals surface area (Å²) in [6, 6.07) is 0. The molecule has 0 aliphatic carbocycles. The third kappa shape index (κ3) is 7.69. The van der Waals surface area contributed by atoms with Crippen LogP contribution in [0, 0.1) is 5.92 Å². The SMILES string of the molecule is CCCCCCC(O)C(C)CC(=O)OCC. The number of hydrogen-bond acceptors (Lipinski definition) is 3. The highest BCUT2D eigenvalue weighted by Gasteiger charge is 2.17. The molecule has 0 amide bonds. The fourth-order valence-electron chi connectivity index (χ4n) is 1.68. The summed E-state index contributed by atoms with van der Waals surface area (Å²) in [6.07, 6.45) is 5.37. The molecule has 1 N–H and O–H groups in total. The molecule has 3 heteroatoms. The summed E-state index contributed by atoms with van der Waals surface area (Å²) >= 11 is 0. The summed E-state index contributed by atoms with van der Waals surface area (Å²) in [5.74, 6) is -0.205. The maximum Gasteiger partial charge on any atom is 0.306 e. The monoisotopic (exact) mass is 230 g/mol. The number of unbranched alkanes of at least 4 members (excludes halogenated alkanes) is 3. The molecular weight excluding hydrogens is 204 g/mol. The Morgan fingerprint density at radius 1 is 1.25 bits per heavy atom. The van der Waals surface area contributed by atoms with Crippen molar-refractivity contribution >= 4 is 5.97 Å². The van der Waals surface area contributed by atoms with Crippen molar-refractivity contribution in [2.75, 3.05) is 6.61 Å². The number of aliphatic hydroxyl groups excluding tert-OH is 1. The van der Waals surface area contributed by atoms with Crippen molar-refractivity contribution in [2.45, 2.75) is 65.4 Å². The molecule has 0 aromatic heterocycles. The van der Waals surface area contributed by atoms with E-state index >= 15 is 0 Å². The van der Waals surface area contributed by atoms with Crippen molar-refractivity contribution in [1.82, 2.24) is 0 Å².